The van der Waals surface area contributed by atoms with Crippen LogP contribution in [0.25, 0.3) is 11.1 Å². The number of carbonyl (C=O) groups is 1. The zero-order valence-corrected chi connectivity index (χ0v) is 14.2. The van der Waals surface area contributed by atoms with Gasteiger partial charge in [0.2, 0.25) is 5.91 Å². The fourth-order valence-corrected chi connectivity index (χ4v) is 2.56. The van der Waals surface area contributed by atoms with Gasteiger partial charge in [-0.05, 0) is 36.6 Å². The molecule has 6 heteroatoms. The van der Waals surface area contributed by atoms with Crippen molar-refractivity contribution >= 4 is 15.7 Å². The predicted octanol–water partition coefficient (Wildman–Crippen LogP) is 2.36. The number of rotatable bonds is 5. The first kappa shape index (κ1) is 17.1. The number of benzene rings is 1. The molecule has 0 bridgehead atoms. The van der Waals surface area contributed by atoms with E-state index in [1.54, 1.807) is 12.4 Å². The monoisotopic (exact) mass is 332 g/mol. The van der Waals surface area contributed by atoms with Gasteiger partial charge in [0.1, 0.15) is 5.25 Å². The molecule has 0 aliphatic rings. The molecule has 1 aromatic carbocycles. The van der Waals surface area contributed by atoms with Crippen molar-refractivity contribution in [3.8, 4) is 11.1 Å². The Hall–Kier alpha value is -2.21. The topological polar surface area (TPSA) is 76.1 Å². The van der Waals surface area contributed by atoms with Crippen LogP contribution in [0.3, 0.4) is 0 Å². The lowest BCUT2D eigenvalue weighted by atomic mass is 10.0. The van der Waals surface area contributed by atoms with Crippen LogP contribution in [0.4, 0.5) is 0 Å². The molecule has 122 valence electrons. The molecule has 1 N–H and O–H groups in total. The number of nitrogens with zero attached hydrogens (tertiary/aromatic N) is 1. The summed E-state index contributed by atoms with van der Waals surface area (Å²) < 4.78 is 22.9. The molecule has 2 aromatic rings. The summed E-state index contributed by atoms with van der Waals surface area (Å²) in [7, 11) is -3.39. The van der Waals surface area contributed by atoms with E-state index in [4.69, 9.17) is 0 Å². The Morgan fingerprint density at radius 1 is 1.09 bits per heavy atom. The Balaban J connectivity index is 2.09. The number of aromatic nitrogens is 1. The molecule has 0 saturated heterocycles. The van der Waals surface area contributed by atoms with Crippen molar-refractivity contribution < 1.29 is 13.2 Å². The number of amides is 1. The van der Waals surface area contributed by atoms with Crippen molar-refractivity contribution in [3.05, 3.63) is 54.4 Å². The molecule has 2 rings (SSSR count). The smallest absolute Gasteiger partial charge is 0.238 e. The molecule has 0 aliphatic heterocycles. The minimum atomic E-state index is -3.39. The Morgan fingerprint density at radius 3 is 2.26 bits per heavy atom. The van der Waals surface area contributed by atoms with Crippen LogP contribution in [0, 0.1) is 0 Å². The van der Waals surface area contributed by atoms with Gasteiger partial charge < -0.3 is 5.32 Å². The van der Waals surface area contributed by atoms with Gasteiger partial charge in [-0.1, -0.05) is 30.3 Å². The molecule has 5 nitrogen and oxygen atoms in total. The number of sulfone groups is 1. The zero-order valence-electron chi connectivity index (χ0n) is 13.4. The highest BCUT2D eigenvalue weighted by atomic mass is 32.2. The summed E-state index contributed by atoms with van der Waals surface area (Å²) in [4.78, 5) is 16.0. The lowest BCUT2D eigenvalue weighted by molar-refractivity contribution is -0.121. The molecular formula is C17H20N2O3S. The zero-order chi connectivity index (χ0) is 17.0. The minimum absolute atomic E-state index is 0.269. The highest BCUT2D eigenvalue weighted by molar-refractivity contribution is 7.92. The number of pyridine rings is 1. The molecule has 0 unspecified atom stereocenters. The lowest BCUT2D eigenvalue weighted by Crippen LogP contribution is -2.38. The first-order valence-electron chi connectivity index (χ1n) is 7.28. The number of carbonyl (C=O) groups excluding carboxylic acids is 1. The third-order valence-corrected chi connectivity index (χ3v) is 5.27. The molecule has 23 heavy (non-hydrogen) atoms. The molecule has 0 fully saturated rings. The molecule has 2 atom stereocenters. The van der Waals surface area contributed by atoms with Gasteiger partial charge in [-0.15, -0.1) is 0 Å². The summed E-state index contributed by atoms with van der Waals surface area (Å²) in [6.45, 7) is 3.22. The quantitative estimate of drug-likeness (QED) is 0.912. The molecule has 1 heterocycles. The van der Waals surface area contributed by atoms with Gasteiger partial charge in [-0.25, -0.2) is 8.42 Å². The van der Waals surface area contributed by atoms with E-state index in [-0.39, 0.29) is 6.04 Å². The maximum atomic E-state index is 12.0. The van der Waals surface area contributed by atoms with Gasteiger partial charge in [0.15, 0.2) is 9.84 Å². The largest absolute Gasteiger partial charge is 0.348 e. The van der Waals surface area contributed by atoms with E-state index < -0.39 is 21.0 Å². The van der Waals surface area contributed by atoms with Crippen molar-refractivity contribution in [2.45, 2.75) is 25.1 Å². The second-order valence-electron chi connectivity index (χ2n) is 5.57. The van der Waals surface area contributed by atoms with Crippen LogP contribution in [-0.4, -0.2) is 30.8 Å². The Labute approximate surface area is 136 Å². The van der Waals surface area contributed by atoms with E-state index in [1.807, 2.05) is 43.3 Å². The van der Waals surface area contributed by atoms with E-state index in [0.29, 0.717) is 0 Å². The van der Waals surface area contributed by atoms with Gasteiger partial charge in [0.25, 0.3) is 0 Å². The van der Waals surface area contributed by atoms with Crippen molar-refractivity contribution in [3.63, 3.8) is 0 Å². The predicted molar refractivity (Wildman–Crippen MR) is 90.5 cm³/mol. The maximum Gasteiger partial charge on any atom is 0.238 e. The Kier molecular flexibility index (Phi) is 5.15. The normalized spacial score (nSPS) is 14.0. The summed E-state index contributed by atoms with van der Waals surface area (Å²) in [5, 5.41) is 1.68. The average Bonchev–Trinajstić information content (AvgIpc) is 2.54. The average molecular weight is 332 g/mol. The minimum Gasteiger partial charge on any atom is -0.348 e. The van der Waals surface area contributed by atoms with Gasteiger partial charge in [-0.2, -0.15) is 0 Å². The van der Waals surface area contributed by atoms with Crippen molar-refractivity contribution in [2.75, 3.05) is 6.26 Å². The van der Waals surface area contributed by atoms with Crippen LogP contribution >= 0.6 is 0 Å². The van der Waals surface area contributed by atoms with Gasteiger partial charge in [0.05, 0.1) is 6.04 Å². The highest BCUT2D eigenvalue weighted by Crippen LogP contribution is 2.21. The van der Waals surface area contributed by atoms with E-state index in [9.17, 15) is 13.2 Å². The summed E-state index contributed by atoms with van der Waals surface area (Å²) in [5.41, 5.74) is 2.96. The highest BCUT2D eigenvalue weighted by Gasteiger charge is 2.24. The Bertz CT molecular complexity index is 771. The molecular weight excluding hydrogens is 312 g/mol. The molecule has 1 aromatic heterocycles. The number of nitrogens with one attached hydrogen (secondary N) is 1. The molecule has 0 radical (unpaired) electrons. The molecule has 0 aliphatic carbocycles. The standard InChI is InChI=1S/C17H20N2O3S/c1-12(19-17(20)13(2)23(3,21)22)14-6-8-15(9-7-14)16-5-4-10-18-11-16/h4-13H,1-3H3,(H,19,20)/t12-,13+/m1/s1. The summed E-state index contributed by atoms with van der Waals surface area (Å²) in [6, 6.07) is 11.3. The van der Waals surface area contributed by atoms with Gasteiger partial charge in [0, 0.05) is 18.6 Å². The Morgan fingerprint density at radius 2 is 1.74 bits per heavy atom. The maximum absolute atomic E-state index is 12.0. The van der Waals surface area contributed by atoms with Crippen LogP contribution < -0.4 is 5.32 Å². The van der Waals surface area contributed by atoms with E-state index in [0.717, 1.165) is 22.9 Å². The summed E-state index contributed by atoms with van der Waals surface area (Å²) >= 11 is 0. The van der Waals surface area contributed by atoms with Crippen molar-refractivity contribution in [1.29, 1.82) is 0 Å². The SMILES string of the molecule is C[C@@H](NC(=O)[C@H](C)S(C)(=O)=O)c1ccc(-c2cccnc2)cc1. The number of hydrogen-bond acceptors (Lipinski definition) is 4. The van der Waals surface area contributed by atoms with Gasteiger partial charge >= 0.3 is 0 Å². The van der Waals surface area contributed by atoms with E-state index >= 15 is 0 Å². The third-order valence-electron chi connectivity index (χ3n) is 3.78. The fourth-order valence-electron chi connectivity index (χ4n) is 2.11. The van der Waals surface area contributed by atoms with Crippen LogP contribution in [0.5, 0.6) is 0 Å². The summed E-state index contributed by atoms with van der Waals surface area (Å²) in [6.07, 6.45) is 4.57. The third kappa shape index (κ3) is 4.39. The lowest BCUT2D eigenvalue weighted by Gasteiger charge is -2.17. The molecule has 0 saturated carbocycles. The van der Waals surface area contributed by atoms with Gasteiger partial charge in [-0.3, -0.25) is 9.78 Å². The van der Waals surface area contributed by atoms with Crippen LogP contribution in [0.1, 0.15) is 25.5 Å². The van der Waals surface area contributed by atoms with Crippen molar-refractivity contribution in [1.82, 2.24) is 10.3 Å². The molecule has 0 spiro atoms. The molecule has 1 amide bonds. The van der Waals surface area contributed by atoms with Crippen molar-refractivity contribution in [2.24, 2.45) is 0 Å². The fraction of sp³-hybridized carbons (Fsp3) is 0.294. The summed E-state index contributed by atoms with van der Waals surface area (Å²) in [5.74, 6) is -0.490. The van der Waals surface area contributed by atoms with E-state index in [2.05, 4.69) is 10.3 Å². The van der Waals surface area contributed by atoms with Crippen LogP contribution in [-0.2, 0) is 14.6 Å². The first-order valence-corrected chi connectivity index (χ1v) is 9.24. The first-order chi connectivity index (χ1) is 10.8. The van der Waals surface area contributed by atoms with Crippen LogP contribution in [0.15, 0.2) is 48.8 Å². The van der Waals surface area contributed by atoms with E-state index in [1.165, 1.54) is 6.92 Å². The van der Waals surface area contributed by atoms with Crippen LogP contribution in [0.2, 0.25) is 0 Å². The second kappa shape index (κ2) is 6.91. The number of hydrogen-bond donors (Lipinski definition) is 1. The second-order valence-corrected chi connectivity index (χ2v) is 7.93.